The van der Waals surface area contributed by atoms with Crippen molar-refractivity contribution in [2.24, 2.45) is 5.92 Å². The van der Waals surface area contributed by atoms with Crippen LogP contribution in [0.1, 0.15) is 17.0 Å². The Morgan fingerprint density at radius 2 is 1.61 bits per heavy atom. The predicted molar refractivity (Wildman–Crippen MR) is 82.4 cm³/mol. The van der Waals surface area contributed by atoms with Crippen LogP contribution >= 0.6 is 0 Å². The maximum absolute atomic E-state index is 13.0. The lowest BCUT2D eigenvalue weighted by Crippen LogP contribution is -2.13. The van der Waals surface area contributed by atoms with E-state index >= 15 is 0 Å². The average molecular weight is 334 g/mol. The van der Waals surface area contributed by atoms with Crippen LogP contribution in [0.3, 0.4) is 0 Å². The van der Waals surface area contributed by atoms with Crippen LogP contribution in [-0.4, -0.2) is 24.7 Å². The van der Waals surface area contributed by atoms with Crippen LogP contribution in [0.15, 0.2) is 53.4 Å². The Hall–Kier alpha value is -2.21. The lowest BCUT2D eigenvalue weighted by molar-refractivity contribution is -0.138. The van der Waals surface area contributed by atoms with Crippen molar-refractivity contribution in [3.8, 4) is 0 Å². The van der Waals surface area contributed by atoms with Crippen molar-refractivity contribution in [2.45, 2.75) is 23.0 Å². The van der Waals surface area contributed by atoms with Gasteiger partial charge in [0.25, 0.3) is 0 Å². The molecule has 0 radical (unpaired) electrons. The lowest BCUT2D eigenvalue weighted by Gasteiger charge is -2.04. The largest absolute Gasteiger partial charge is 0.481 e. The van der Waals surface area contributed by atoms with E-state index in [-0.39, 0.29) is 4.90 Å². The molecule has 1 fully saturated rings. The molecule has 1 saturated carbocycles. The molecular weight excluding hydrogens is 319 g/mol. The molecule has 0 amide bonds. The predicted octanol–water partition coefficient (Wildman–Crippen LogP) is 2.77. The van der Waals surface area contributed by atoms with Crippen LogP contribution in [0, 0.1) is 18.7 Å². The maximum Gasteiger partial charge on any atom is 0.308 e. The Morgan fingerprint density at radius 3 is 2.13 bits per heavy atom. The highest BCUT2D eigenvalue weighted by molar-refractivity contribution is 7.92. The molecule has 1 aliphatic carbocycles. The van der Waals surface area contributed by atoms with Gasteiger partial charge in [0.1, 0.15) is 5.82 Å². The normalized spacial score (nSPS) is 23.5. The van der Waals surface area contributed by atoms with Gasteiger partial charge in [-0.05, 0) is 36.8 Å². The number of aliphatic carboxylic acids is 1. The van der Waals surface area contributed by atoms with Gasteiger partial charge in [0.2, 0.25) is 0 Å². The number of sulfone groups is 1. The highest BCUT2D eigenvalue weighted by Gasteiger charge is 2.63. The minimum atomic E-state index is -3.76. The number of hydrogen-bond acceptors (Lipinski definition) is 3. The second-order valence-electron chi connectivity index (χ2n) is 5.76. The monoisotopic (exact) mass is 334 g/mol. The summed E-state index contributed by atoms with van der Waals surface area (Å²) in [7, 11) is -3.76. The summed E-state index contributed by atoms with van der Waals surface area (Å²) in [6.45, 7) is 1.84. The molecule has 0 aromatic heterocycles. The summed E-state index contributed by atoms with van der Waals surface area (Å²) in [6.07, 6.45) is 0. The average Bonchev–Trinajstić information content (AvgIpc) is 3.25. The van der Waals surface area contributed by atoms with Crippen molar-refractivity contribution in [2.75, 3.05) is 0 Å². The molecule has 4 nitrogen and oxygen atoms in total. The van der Waals surface area contributed by atoms with Gasteiger partial charge in [0.15, 0.2) is 9.84 Å². The van der Waals surface area contributed by atoms with Crippen molar-refractivity contribution in [1.82, 2.24) is 0 Å². The van der Waals surface area contributed by atoms with E-state index in [1.165, 1.54) is 36.4 Å². The minimum absolute atomic E-state index is 0.115. The fourth-order valence-corrected chi connectivity index (χ4v) is 5.05. The molecule has 0 spiro atoms. The van der Waals surface area contributed by atoms with E-state index in [0.29, 0.717) is 5.56 Å². The second kappa shape index (κ2) is 5.45. The highest BCUT2D eigenvalue weighted by atomic mass is 32.2. The van der Waals surface area contributed by atoms with Gasteiger partial charge in [0, 0.05) is 5.92 Å². The van der Waals surface area contributed by atoms with Gasteiger partial charge < -0.3 is 5.11 Å². The molecule has 0 aliphatic heterocycles. The third-order valence-electron chi connectivity index (χ3n) is 4.20. The molecule has 6 heteroatoms. The molecule has 3 rings (SSSR count). The summed E-state index contributed by atoms with van der Waals surface area (Å²) in [4.78, 5) is 11.5. The van der Waals surface area contributed by atoms with E-state index in [1.807, 2.05) is 6.92 Å². The smallest absolute Gasteiger partial charge is 0.308 e. The van der Waals surface area contributed by atoms with E-state index in [1.54, 1.807) is 12.1 Å². The summed E-state index contributed by atoms with van der Waals surface area (Å²) in [5, 5.41) is 8.31. The first-order chi connectivity index (χ1) is 10.8. The van der Waals surface area contributed by atoms with Gasteiger partial charge in [-0.3, -0.25) is 4.79 Å². The number of carboxylic acids is 1. The molecule has 0 saturated heterocycles. The standard InChI is InChI=1S/C17H15FO4S/c1-10-2-8-13(9-3-10)23(21,22)16-14(15(16)17(19)20)11-4-6-12(18)7-5-11/h2-9,14-16H,1H3,(H,19,20)/t14-,15-,16+/m0/s1. The molecular formula is C17H15FO4S. The molecule has 2 aromatic rings. The van der Waals surface area contributed by atoms with Crippen molar-refractivity contribution in [3.05, 3.63) is 65.5 Å². The molecule has 0 heterocycles. The van der Waals surface area contributed by atoms with Crippen LogP contribution in [0.4, 0.5) is 4.39 Å². The maximum atomic E-state index is 13.0. The molecule has 0 bridgehead atoms. The lowest BCUT2D eigenvalue weighted by atomic mass is 10.1. The topological polar surface area (TPSA) is 71.4 Å². The van der Waals surface area contributed by atoms with E-state index in [4.69, 9.17) is 0 Å². The molecule has 3 atom stereocenters. The third kappa shape index (κ3) is 2.74. The number of rotatable bonds is 4. The molecule has 1 aliphatic rings. The summed E-state index contributed by atoms with van der Waals surface area (Å²) in [6, 6.07) is 11.6. The highest BCUT2D eigenvalue weighted by Crippen LogP contribution is 2.54. The number of hydrogen-bond donors (Lipinski definition) is 1. The van der Waals surface area contributed by atoms with Crippen LogP contribution in [0.5, 0.6) is 0 Å². The van der Waals surface area contributed by atoms with E-state index in [0.717, 1.165) is 5.56 Å². The number of carboxylic acid groups (broad SMARTS) is 1. The third-order valence-corrected chi connectivity index (χ3v) is 6.43. The molecule has 1 N–H and O–H groups in total. The van der Waals surface area contributed by atoms with Crippen LogP contribution in [0.2, 0.25) is 0 Å². The Morgan fingerprint density at radius 1 is 1.04 bits per heavy atom. The number of halogens is 1. The van der Waals surface area contributed by atoms with Gasteiger partial charge in [-0.2, -0.15) is 0 Å². The van der Waals surface area contributed by atoms with Crippen molar-refractivity contribution in [1.29, 1.82) is 0 Å². The Balaban J connectivity index is 1.98. The zero-order valence-electron chi connectivity index (χ0n) is 12.3. The first-order valence-electron chi connectivity index (χ1n) is 7.11. The van der Waals surface area contributed by atoms with Crippen LogP contribution in [-0.2, 0) is 14.6 Å². The van der Waals surface area contributed by atoms with Gasteiger partial charge in [-0.25, -0.2) is 12.8 Å². The summed E-state index contributed by atoms with van der Waals surface area (Å²) < 4.78 is 38.5. The van der Waals surface area contributed by atoms with Crippen LogP contribution < -0.4 is 0 Å². The number of benzene rings is 2. The van der Waals surface area contributed by atoms with E-state index < -0.39 is 38.7 Å². The van der Waals surface area contributed by atoms with Gasteiger partial charge in [-0.1, -0.05) is 29.8 Å². The quantitative estimate of drug-likeness (QED) is 0.933. The van der Waals surface area contributed by atoms with Gasteiger partial charge in [-0.15, -0.1) is 0 Å². The number of aryl methyl sites for hydroxylation is 1. The van der Waals surface area contributed by atoms with Crippen molar-refractivity contribution < 1.29 is 22.7 Å². The number of carbonyl (C=O) groups is 1. The summed E-state index contributed by atoms with van der Waals surface area (Å²) >= 11 is 0. The molecule has 23 heavy (non-hydrogen) atoms. The zero-order valence-corrected chi connectivity index (χ0v) is 13.1. The Labute approximate surface area is 133 Å². The van der Waals surface area contributed by atoms with Crippen molar-refractivity contribution >= 4 is 15.8 Å². The molecule has 2 aromatic carbocycles. The summed E-state index contributed by atoms with van der Waals surface area (Å²) in [5.74, 6) is -3.26. The molecule has 0 unspecified atom stereocenters. The second-order valence-corrected chi connectivity index (χ2v) is 7.87. The van der Waals surface area contributed by atoms with Crippen molar-refractivity contribution in [3.63, 3.8) is 0 Å². The van der Waals surface area contributed by atoms with E-state index in [2.05, 4.69) is 0 Å². The zero-order chi connectivity index (χ0) is 16.8. The van der Waals surface area contributed by atoms with Gasteiger partial charge in [0.05, 0.1) is 16.1 Å². The summed E-state index contributed by atoms with van der Waals surface area (Å²) in [5.41, 5.74) is 1.45. The molecule has 120 valence electrons. The Bertz CT molecular complexity index is 841. The first-order valence-corrected chi connectivity index (χ1v) is 8.66. The minimum Gasteiger partial charge on any atom is -0.481 e. The SMILES string of the molecule is Cc1ccc(S(=O)(=O)[C@H]2[C@@H](C(=O)O)[C@@H]2c2ccc(F)cc2)cc1. The first kappa shape index (κ1) is 15.7. The van der Waals surface area contributed by atoms with E-state index in [9.17, 15) is 22.7 Å². The van der Waals surface area contributed by atoms with Crippen LogP contribution in [0.25, 0.3) is 0 Å². The fourth-order valence-electron chi connectivity index (χ4n) is 2.93. The fraction of sp³-hybridized carbons (Fsp3) is 0.235. The Kier molecular flexibility index (Phi) is 3.72. The van der Waals surface area contributed by atoms with Gasteiger partial charge >= 0.3 is 5.97 Å².